The van der Waals surface area contributed by atoms with Gasteiger partial charge in [0.2, 0.25) is 5.91 Å². The SMILES string of the molecule is CN(C(=O)[C@H](Cc1ccccc1)NC(=O)OCc1ccccc1)c1ccc(OCC(N)=O)cc1. The van der Waals surface area contributed by atoms with Gasteiger partial charge in [-0.25, -0.2) is 4.79 Å². The zero-order valence-electron chi connectivity index (χ0n) is 18.8. The maximum absolute atomic E-state index is 13.3. The number of benzene rings is 3. The number of nitrogens with one attached hydrogen (secondary N) is 1. The molecule has 0 bridgehead atoms. The summed E-state index contributed by atoms with van der Waals surface area (Å²) in [6, 6.07) is 24.5. The van der Waals surface area contributed by atoms with Crippen LogP contribution < -0.4 is 20.7 Å². The van der Waals surface area contributed by atoms with E-state index in [-0.39, 0.29) is 19.1 Å². The van der Waals surface area contributed by atoms with E-state index in [0.29, 0.717) is 17.9 Å². The molecule has 0 spiro atoms. The zero-order chi connectivity index (χ0) is 24.3. The number of hydrogen-bond acceptors (Lipinski definition) is 5. The van der Waals surface area contributed by atoms with Crippen LogP contribution in [-0.2, 0) is 27.4 Å². The van der Waals surface area contributed by atoms with Crippen LogP contribution in [0.1, 0.15) is 11.1 Å². The number of anilines is 1. The molecule has 0 heterocycles. The van der Waals surface area contributed by atoms with Crippen LogP contribution in [0.5, 0.6) is 5.75 Å². The number of carbonyl (C=O) groups excluding carboxylic acids is 3. The van der Waals surface area contributed by atoms with Crippen molar-refractivity contribution < 1.29 is 23.9 Å². The highest BCUT2D eigenvalue weighted by Crippen LogP contribution is 2.20. The van der Waals surface area contributed by atoms with Gasteiger partial charge in [0.05, 0.1) is 0 Å². The summed E-state index contributed by atoms with van der Waals surface area (Å²) < 4.78 is 10.6. The van der Waals surface area contributed by atoms with Crippen LogP contribution >= 0.6 is 0 Å². The van der Waals surface area contributed by atoms with E-state index in [9.17, 15) is 14.4 Å². The Morgan fingerprint density at radius 2 is 1.47 bits per heavy atom. The Bertz CT molecular complexity index is 1090. The minimum atomic E-state index is -0.846. The van der Waals surface area contributed by atoms with Gasteiger partial charge in [0.25, 0.3) is 5.91 Å². The van der Waals surface area contributed by atoms with E-state index in [1.807, 2.05) is 60.7 Å². The third-order valence-corrected chi connectivity index (χ3v) is 5.02. The largest absolute Gasteiger partial charge is 0.484 e. The smallest absolute Gasteiger partial charge is 0.408 e. The molecule has 0 aliphatic heterocycles. The van der Waals surface area contributed by atoms with E-state index in [1.165, 1.54) is 4.90 Å². The standard InChI is InChI=1S/C26H27N3O5/c1-29(21-12-14-22(15-13-21)33-18-24(27)30)25(31)23(16-19-8-4-2-5-9-19)28-26(32)34-17-20-10-6-3-7-11-20/h2-15,23H,16-18H2,1H3,(H2,27,30)(H,28,32)/t23-/m0/s1. The van der Waals surface area contributed by atoms with Gasteiger partial charge in [0.15, 0.2) is 6.61 Å². The third kappa shape index (κ3) is 7.37. The van der Waals surface area contributed by atoms with Gasteiger partial charge < -0.3 is 25.4 Å². The molecular weight excluding hydrogens is 434 g/mol. The van der Waals surface area contributed by atoms with Gasteiger partial charge >= 0.3 is 6.09 Å². The van der Waals surface area contributed by atoms with Crippen molar-refractivity contribution in [3.05, 3.63) is 96.1 Å². The van der Waals surface area contributed by atoms with Gasteiger partial charge in [-0.15, -0.1) is 0 Å². The summed E-state index contributed by atoms with van der Waals surface area (Å²) in [7, 11) is 1.62. The first-order valence-corrected chi connectivity index (χ1v) is 10.7. The number of likely N-dealkylation sites (N-methyl/N-ethyl adjacent to an activating group) is 1. The van der Waals surface area contributed by atoms with E-state index in [1.54, 1.807) is 31.3 Å². The van der Waals surface area contributed by atoms with Gasteiger partial charge in [-0.2, -0.15) is 0 Å². The molecule has 3 amide bonds. The Labute approximate surface area is 198 Å². The molecule has 0 unspecified atom stereocenters. The van der Waals surface area contributed by atoms with Crippen molar-refractivity contribution in [2.45, 2.75) is 19.1 Å². The number of amides is 3. The Balaban J connectivity index is 1.69. The lowest BCUT2D eigenvalue weighted by Crippen LogP contribution is -2.48. The maximum atomic E-state index is 13.3. The van der Waals surface area contributed by atoms with Crippen LogP contribution in [0.25, 0.3) is 0 Å². The molecule has 3 aromatic rings. The van der Waals surface area contributed by atoms with Crippen molar-refractivity contribution in [3.8, 4) is 5.75 Å². The van der Waals surface area contributed by atoms with Gasteiger partial charge in [-0.1, -0.05) is 60.7 Å². The fraction of sp³-hybridized carbons (Fsp3) is 0.192. The first-order valence-electron chi connectivity index (χ1n) is 10.7. The summed E-state index contributed by atoms with van der Waals surface area (Å²) in [5.74, 6) is -0.441. The molecule has 8 nitrogen and oxygen atoms in total. The summed E-state index contributed by atoms with van der Waals surface area (Å²) in [6.45, 7) is -0.135. The average molecular weight is 462 g/mol. The number of primary amides is 1. The van der Waals surface area contributed by atoms with Gasteiger partial charge in [-0.05, 0) is 35.4 Å². The summed E-state index contributed by atoms with van der Waals surface area (Å²) in [4.78, 5) is 38.1. The molecule has 34 heavy (non-hydrogen) atoms. The first-order chi connectivity index (χ1) is 16.4. The molecule has 8 heteroatoms. The fourth-order valence-corrected chi connectivity index (χ4v) is 3.24. The van der Waals surface area contributed by atoms with Crippen LogP contribution in [0.3, 0.4) is 0 Å². The number of nitrogens with two attached hydrogens (primary N) is 1. The van der Waals surface area contributed by atoms with Crippen LogP contribution in [0.2, 0.25) is 0 Å². The molecule has 3 N–H and O–H groups in total. The topological polar surface area (TPSA) is 111 Å². The van der Waals surface area contributed by atoms with E-state index in [2.05, 4.69) is 5.32 Å². The first kappa shape index (κ1) is 24.3. The van der Waals surface area contributed by atoms with Crippen molar-refractivity contribution in [1.82, 2.24) is 5.32 Å². The molecule has 3 rings (SSSR count). The van der Waals surface area contributed by atoms with Crippen molar-refractivity contribution in [1.29, 1.82) is 0 Å². The minimum Gasteiger partial charge on any atom is -0.484 e. The van der Waals surface area contributed by atoms with Crippen molar-refractivity contribution in [3.63, 3.8) is 0 Å². The lowest BCUT2D eigenvalue weighted by molar-refractivity contribution is -0.120. The Morgan fingerprint density at radius 3 is 2.06 bits per heavy atom. The quantitative estimate of drug-likeness (QED) is 0.482. The number of carbonyl (C=O) groups is 3. The normalized spacial score (nSPS) is 11.2. The zero-order valence-corrected chi connectivity index (χ0v) is 18.8. The van der Waals surface area contributed by atoms with E-state index < -0.39 is 18.0 Å². The second-order valence-corrected chi connectivity index (χ2v) is 7.59. The summed E-state index contributed by atoms with van der Waals surface area (Å²) in [6.07, 6.45) is -0.383. The average Bonchev–Trinajstić information content (AvgIpc) is 2.86. The molecule has 0 aromatic heterocycles. The number of ether oxygens (including phenoxy) is 2. The number of alkyl carbamates (subject to hydrolysis) is 1. The lowest BCUT2D eigenvalue weighted by atomic mass is 10.0. The van der Waals surface area contributed by atoms with Crippen LogP contribution in [0.15, 0.2) is 84.9 Å². The summed E-state index contributed by atoms with van der Waals surface area (Å²) in [5, 5.41) is 2.70. The van der Waals surface area contributed by atoms with Crippen LogP contribution in [0.4, 0.5) is 10.5 Å². The highest BCUT2D eigenvalue weighted by Gasteiger charge is 2.26. The predicted molar refractivity (Wildman–Crippen MR) is 128 cm³/mol. The molecule has 0 aliphatic rings. The highest BCUT2D eigenvalue weighted by molar-refractivity contribution is 5.98. The van der Waals surface area contributed by atoms with Crippen LogP contribution in [-0.4, -0.2) is 37.6 Å². The summed E-state index contributed by atoms with van der Waals surface area (Å²) in [5.41, 5.74) is 7.42. The molecular formula is C26H27N3O5. The number of rotatable bonds is 10. The van der Waals surface area contributed by atoms with E-state index in [0.717, 1.165) is 11.1 Å². The molecule has 3 aromatic carbocycles. The second kappa shape index (κ2) is 12.1. The van der Waals surface area contributed by atoms with E-state index in [4.69, 9.17) is 15.2 Å². The number of nitrogens with zero attached hydrogens (tertiary/aromatic N) is 1. The number of hydrogen-bond donors (Lipinski definition) is 2. The molecule has 0 fully saturated rings. The molecule has 0 radical (unpaired) electrons. The van der Waals surface area contributed by atoms with Crippen LogP contribution in [0, 0.1) is 0 Å². The Kier molecular flexibility index (Phi) is 8.62. The van der Waals surface area contributed by atoms with Crippen molar-refractivity contribution >= 4 is 23.6 Å². The Hall–Kier alpha value is -4.33. The second-order valence-electron chi connectivity index (χ2n) is 7.59. The minimum absolute atomic E-state index is 0.0987. The van der Waals surface area contributed by atoms with Gasteiger partial charge in [0.1, 0.15) is 18.4 Å². The third-order valence-electron chi connectivity index (χ3n) is 5.02. The highest BCUT2D eigenvalue weighted by atomic mass is 16.5. The Morgan fingerprint density at radius 1 is 0.882 bits per heavy atom. The molecule has 0 saturated carbocycles. The predicted octanol–water partition coefficient (Wildman–Crippen LogP) is 3.05. The monoisotopic (exact) mass is 461 g/mol. The van der Waals surface area contributed by atoms with Crippen molar-refractivity contribution in [2.75, 3.05) is 18.6 Å². The summed E-state index contributed by atoms with van der Waals surface area (Å²) >= 11 is 0. The molecule has 176 valence electrons. The van der Waals surface area contributed by atoms with Gasteiger partial charge in [0, 0.05) is 19.2 Å². The maximum Gasteiger partial charge on any atom is 0.408 e. The molecule has 1 atom stereocenters. The van der Waals surface area contributed by atoms with E-state index >= 15 is 0 Å². The molecule has 0 saturated heterocycles. The van der Waals surface area contributed by atoms with Gasteiger partial charge in [-0.3, -0.25) is 9.59 Å². The lowest BCUT2D eigenvalue weighted by Gasteiger charge is -2.25. The molecule has 0 aliphatic carbocycles. The van der Waals surface area contributed by atoms with Crippen molar-refractivity contribution in [2.24, 2.45) is 5.73 Å². The fourth-order valence-electron chi connectivity index (χ4n) is 3.24.